The van der Waals surface area contributed by atoms with Gasteiger partial charge in [0.1, 0.15) is 17.5 Å². The van der Waals surface area contributed by atoms with Crippen molar-refractivity contribution in [1.82, 2.24) is 9.97 Å². The molecule has 0 aliphatic heterocycles. The quantitative estimate of drug-likeness (QED) is 0.766. The van der Waals surface area contributed by atoms with Crippen LogP contribution in [0, 0.1) is 13.8 Å². The molecule has 0 spiro atoms. The zero-order chi connectivity index (χ0) is 10.3. The van der Waals surface area contributed by atoms with E-state index >= 15 is 0 Å². The lowest BCUT2D eigenvalue weighted by Crippen LogP contribution is -2.23. The maximum Gasteiger partial charge on any atom is 0.137 e. The molecular formula is C10H16N4. The van der Waals surface area contributed by atoms with E-state index in [0.717, 1.165) is 17.2 Å². The Hall–Kier alpha value is -1.32. The molecule has 4 nitrogen and oxygen atoms in total. The number of nitrogens with zero attached hydrogens (tertiary/aromatic N) is 3. The summed E-state index contributed by atoms with van der Waals surface area (Å²) in [7, 11) is 2.08. The highest BCUT2D eigenvalue weighted by Gasteiger charge is 2.28. The fraction of sp³-hybridized carbons (Fsp3) is 0.600. The second kappa shape index (κ2) is 3.12. The fourth-order valence-electron chi connectivity index (χ4n) is 1.61. The van der Waals surface area contributed by atoms with Gasteiger partial charge in [0.2, 0.25) is 0 Å². The minimum Gasteiger partial charge on any atom is -0.383 e. The molecule has 0 radical (unpaired) electrons. The molecule has 0 aromatic carbocycles. The van der Waals surface area contributed by atoms with E-state index in [4.69, 9.17) is 5.73 Å². The molecule has 2 N–H and O–H groups in total. The molecule has 14 heavy (non-hydrogen) atoms. The molecule has 0 amide bonds. The Morgan fingerprint density at radius 1 is 1.29 bits per heavy atom. The maximum atomic E-state index is 5.80. The van der Waals surface area contributed by atoms with Gasteiger partial charge in [-0.05, 0) is 26.7 Å². The van der Waals surface area contributed by atoms with E-state index in [2.05, 4.69) is 21.9 Å². The van der Waals surface area contributed by atoms with Gasteiger partial charge in [-0.3, -0.25) is 0 Å². The van der Waals surface area contributed by atoms with E-state index in [1.807, 2.05) is 13.8 Å². The molecule has 0 unspecified atom stereocenters. The molecule has 1 fully saturated rings. The van der Waals surface area contributed by atoms with Crippen LogP contribution < -0.4 is 10.6 Å². The third kappa shape index (κ3) is 1.52. The van der Waals surface area contributed by atoms with Crippen LogP contribution in [0.5, 0.6) is 0 Å². The van der Waals surface area contributed by atoms with E-state index in [9.17, 15) is 0 Å². The Kier molecular flexibility index (Phi) is 2.06. The van der Waals surface area contributed by atoms with Crippen molar-refractivity contribution in [3.8, 4) is 0 Å². The summed E-state index contributed by atoms with van der Waals surface area (Å²) < 4.78 is 0. The Bertz CT molecular complexity index is 357. The van der Waals surface area contributed by atoms with Crippen LogP contribution in [0.4, 0.5) is 11.6 Å². The lowest BCUT2D eigenvalue weighted by molar-refractivity contribution is 0.867. The van der Waals surface area contributed by atoms with Crippen LogP contribution in [0.1, 0.15) is 24.2 Å². The van der Waals surface area contributed by atoms with Gasteiger partial charge in [0.25, 0.3) is 0 Å². The van der Waals surface area contributed by atoms with Gasteiger partial charge in [-0.15, -0.1) is 0 Å². The van der Waals surface area contributed by atoms with Crippen molar-refractivity contribution < 1.29 is 0 Å². The standard InChI is InChI=1S/C10H16N4/c1-6-9(11)12-7(2)13-10(6)14(3)8-4-5-8/h8H,4-5H2,1-3H3,(H2,11,12,13). The number of hydrogen-bond acceptors (Lipinski definition) is 4. The highest BCUT2D eigenvalue weighted by molar-refractivity contribution is 5.57. The fourth-order valence-corrected chi connectivity index (χ4v) is 1.61. The number of aryl methyl sites for hydroxylation is 1. The Labute approximate surface area is 84.2 Å². The summed E-state index contributed by atoms with van der Waals surface area (Å²) in [6, 6.07) is 0.655. The minimum absolute atomic E-state index is 0.597. The molecule has 1 heterocycles. The minimum atomic E-state index is 0.597. The Morgan fingerprint density at radius 3 is 2.50 bits per heavy atom. The normalized spacial score (nSPS) is 15.6. The first-order valence-electron chi connectivity index (χ1n) is 4.93. The molecular weight excluding hydrogens is 176 g/mol. The van der Waals surface area contributed by atoms with Gasteiger partial charge in [0.05, 0.1) is 0 Å². The van der Waals surface area contributed by atoms with Crippen molar-refractivity contribution in [2.75, 3.05) is 17.7 Å². The van der Waals surface area contributed by atoms with Crippen LogP contribution in [0.2, 0.25) is 0 Å². The third-order valence-electron chi connectivity index (χ3n) is 2.70. The molecule has 2 rings (SSSR count). The zero-order valence-corrected chi connectivity index (χ0v) is 8.91. The Morgan fingerprint density at radius 2 is 1.93 bits per heavy atom. The topological polar surface area (TPSA) is 55.0 Å². The third-order valence-corrected chi connectivity index (χ3v) is 2.70. The smallest absolute Gasteiger partial charge is 0.137 e. The second-order valence-corrected chi connectivity index (χ2v) is 3.95. The molecule has 1 saturated carbocycles. The zero-order valence-electron chi connectivity index (χ0n) is 8.91. The molecule has 1 aromatic rings. The molecule has 1 aromatic heterocycles. The van der Waals surface area contributed by atoms with Crippen molar-refractivity contribution in [2.45, 2.75) is 32.7 Å². The summed E-state index contributed by atoms with van der Waals surface area (Å²) in [6.45, 7) is 3.85. The largest absolute Gasteiger partial charge is 0.383 e. The van der Waals surface area contributed by atoms with Crippen LogP contribution in [0.3, 0.4) is 0 Å². The van der Waals surface area contributed by atoms with E-state index < -0.39 is 0 Å². The highest BCUT2D eigenvalue weighted by atomic mass is 15.2. The van der Waals surface area contributed by atoms with E-state index in [0.29, 0.717) is 11.9 Å². The number of anilines is 2. The second-order valence-electron chi connectivity index (χ2n) is 3.95. The number of hydrogen-bond donors (Lipinski definition) is 1. The summed E-state index contributed by atoms with van der Waals surface area (Å²) >= 11 is 0. The van der Waals surface area contributed by atoms with Crippen LogP contribution >= 0.6 is 0 Å². The van der Waals surface area contributed by atoms with Crippen LogP contribution in [0.25, 0.3) is 0 Å². The summed E-state index contributed by atoms with van der Waals surface area (Å²) in [4.78, 5) is 10.8. The van der Waals surface area contributed by atoms with Gasteiger partial charge in [-0.2, -0.15) is 0 Å². The van der Waals surface area contributed by atoms with Gasteiger partial charge in [0, 0.05) is 18.7 Å². The number of rotatable bonds is 2. The number of aromatic nitrogens is 2. The summed E-state index contributed by atoms with van der Waals surface area (Å²) in [5, 5.41) is 0. The average molecular weight is 192 g/mol. The molecule has 0 bridgehead atoms. The molecule has 4 heteroatoms. The molecule has 0 atom stereocenters. The van der Waals surface area contributed by atoms with Crippen molar-refractivity contribution >= 4 is 11.6 Å². The predicted molar refractivity (Wildman–Crippen MR) is 57.3 cm³/mol. The maximum absolute atomic E-state index is 5.80. The summed E-state index contributed by atoms with van der Waals surface area (Å²) in [5.74, 6) is 2.33. The van der Waals surface area contributed by atoms with E-state index in [-0.39, 0.29) is 0 Å². The summed E-state index contributed by atoms with van der Waals surface area (Å²) in [6.07, 6.45) is 2.53. The number of nitrogens with two attached hydrogens (primary N) is 1. The van der Waals surface area contributed by atoms with E-state index in [1.165, 1.54) is 12.8 Å². The first kappa shape index (κ1) is 9.24. The molecule has 76 valence electrons. The van der Waals surface area contributed by atoms with Crippen LogP contribution in [0.15, 0.2) is 0 Å². The Balaban J connectivity index is 2.39. The van der Waals surface area contributed by atoms with Crippen molar-refractivity contribution in [3.05, 3.63) is 11.4 Å². The lowest BCUT2D eigenvalue weighted by Gasteiger charge is -2.20. The first-order chi connectivity index (χ1) is 6.59. The number of nitrogen functional groups attached to an aromatic ring is 1. The van der Waals surface area contributed by atoms with E-state index in [1.54, 1.807) is 0 Å². The van der Waals surface area contributed by atoms with Gasteiger partial charge in [0.15, 0.2) is 0 Å². The monoisotopic (exact) mass is 192 g/mol. The van der Waals surface area contributed by atoms with Gasteiger partial charge >= 0.3 is 0 Å². The molecule has 1 aliphatic rings. The van der Waals surface area contributed by atoms with Crippen molar-refractivity contribution in [2.24, 2.45) is 0 Å². The predicted octanol–water partition coefficient (Wildman–Crippen LogP) is 1.27. The first-order valence-corrected chi connectivity index (χ1v) is 4.93. The van der Waals surface area contributed by atoms with Crippen LogP contribution in [-0.2, 0) is 0 Å². The highest BCUT2D eigenvalue weighted by Crippen LogP contribution is 2.31. The van der Waals surface area contributed by atoms with Crippen molar-refractivity contribution in [3.63, 3.8) is 0 Å². The average Bonchev–Trinajstić information content (AvgIpc) is 2.93. The molecule has 1 aliphatic carbocycles. The van der Waals surface area contributed by atoms with Crippen LogP contribution in [-0.4, -0.2) is 23.1 Å². The SMILES string of the molecule is Cc1nc(N)c(C)c(N(C)C2CC2)n1. The van der Waals surface area contributed by atoms with Crippen molar-refractivity contribution in [1.29, 1.82) is 0 Å². The summed E-state index contributed by atoms with van der Waals surface area (Å²) in [5.41, 5.74) is 6.79. The molecule has 0 saturated heterocycles. The lowest BCUT2D eigenvalue weighted by atomic mass is 10.3. The van der Waals surface area contributed by atoms with Gasteiger partial charge < -0.3 is 10.6 Å². The van der Waals surface area contributed by atoms with Gasteiger partial charge in [-0.25, -0.2) is 9.97 Å². The van der Waals surface area contributed by atoms with Gasteiger partial charge in [-0.1, -0.05) is 0 Å².